The van der Waals surface area contributed by atoms with Gasteiger partial charge < -0.3 is 24.8 Å². The van der Waals surface area contributed by atoms with Crippen molar-refractivity contribution in [3.05, 3.63) is 101 Å². The second-order valence-corrected chi connectivity index (χ2v) is 9.72. The van der Waals surface area contributed by atoms with E-state index in [4.69, 9.17) is 17.0 Å². The lowest BCUT2D eigenvalue weighted by Gasteiger charge is -2.29. The maximum absolute atomic E-state index is 11.9. The molecule has 2 atom stereocenters. The van der Waals surface area contributed by atoms with Gasteiger partial charge in [0, 0.05) is 49.1 Å². The topological polar surface area (TPSA) is 84.3 Å². The SMILES string of the molecule is COc1ccc(N2C(=S)NC(c3ccccn3)C2c2cc(C)n(Cc3ccncc3)c2C)cc1NC(C)=O. The number of carbonyl (C=O) groups excluding carboxylic acids is 1. The van der Waals surface area contributed by atoms with Gasteiger partial charge in [0.15, 0.2) is 5.11 Å². The number of methoxy groups -OCH3 is 1. The van der Waals surface area contributed by atoms with Crippen LogP contribution in [0.1, 0.15) is 47.2 Å². The van der Waals surface area contributed by atoms with Gasteiger partial charge in [0.05, 0.1) is 30.6 Å². The average Bonchev–Trinajstić information content (AvgIpc) is 3.40. The number of thiocarbonyl (C=S) groups is 1. The predicted molar refractivity (Wildman–Crippen MR) is 152 cm³/mol. The van der Waals surface area contributed by atoms with Gasteiger partial charge in [0.1, 0.15) is 5.75 Å². The van der Waals surface area contributed by atoms with E-state index in [1.165, 1.54) is 12.5 Å². The van der Waals surface area contributed by atoms with Crippen LogP contribution in [-0.4, -0.2) is 32.7 Å². The molecule has 0 bridgehead atoms. The zero-order valence-corrected chi connectivity index (χ0v) is 22.6. The van der Waals surface area contributed by atoms with Gasteiger partial charge in [-0.05, 0) is 85.7 Å². The van der Waals surface area contributed by atoms with Crippen LogP contribution >= 0.6 is 12.2 Å². The fourth-order valence-corrected chi connectivity index (χ4v) is 5.47. The molecule has 1 aliphatic rings. The number of rotatable bonds is 7. The highest BCUT2D eigenvalue weighted by Gasteiger charge is 2.42. The molecule has 4 heterocycles. The first-order valence-corrected chi connectivity index (χ1v) is 12.8. The molecule has 0 aliphatic carbocycles. The van der Waals surface area contributed by atoms with E-state index in [9.17, 15) is 4.79 Å². The fourth-order valence-electron chi connectivity index (χ4n) is 5.12. The first-order valence-electron chi connectivity index (χ1n) is 12.4. The van der Waals surface area contributed by atoms with E-state index in [0.717, 1.165) is 34.9 Å². The molecule has 8 nitrogen and oxygen atoms in total. The summed E-state index contributed by atoms with van der Waals surface area (Å²) < 4.78 is 7.80. The van der Waals surface area contributed by atoms with Crippen molar-refractivity contribution in [2.75, 3.05) is 17.3 Å². The van der Waals surface area contributed by atoms with Crippen molar-refractivity contribution >= 4 is 34.6 Å². The van der Waals surface area contributed by atoms with Crippen molar-refractivity contribution in [3.63, 3.8) is 0 Å². The fraction of sp³-hybridized carbons (Fsp3) is 0.241. The molecule has 5 rings (SSSR count). The van der Waals surface area contributed by atoms with Gasteiger partial charge in [-0.3, -0.25) is 14.8 Å². The Balaban J connectivity index is 1.63. The third kappa shape index (κ3) is 4.84. The highest BCUT2D eigenvalue weighted by atomic mass is 32.1. The second kappa shape index (κ2) is 10.6. The van der Waals surface area contributed by atoms with Gasteiger partial charge in [-0.25, -0.2) is 0 Å². The Kier molecular flexibility index (Phi) is 7.11. The molecule has 3 aromatic heterocycles. The Morgan fingerprint density at radius 1 is 1.11 bits per heavy atom. The van der Waals surface area contributed by atoms with Gasteiger partial charge in [0.25, 0.3) is 0 Å². The van der Waals surface area contributed by atoms with Gasteiger partial charge in [0.2, 0.25) is 5.91 Å². The number of carbonyl (C=O) groups is 1. The summed E-state index contributed by atoms with van der Waals surface area (Å²) in [6.07, 6.45) is 5.44. The van der Waals surface area contributed by atoms with Crippen LogP contribution in [0.15, 0.2) is 73.2 Å². The Bertz CT molecular complexity index is 1470. The minimum atomic E-state index is -0.176. The molecule has 0 radical (unpaired) electrons. The number of hydrogen-bond acceptors (Lipinski definition) is 5. The largest absolute Gasteiger partial charge is 0.495 e. The van der Waals surface area contributed by atoms with E-state index >= 15 is 0 Å². The van der Waals surface area contributed by atoms with Crippen LogP contribution in [0.25, 0.3) is 0 Å². The summed E-state index contributed by atoms with van der Waals surface area (Å²) >= 11 is 5.91. The monoisotopic (exact) mass is 526 g/mol. The number of benzene rings is 1. The van der Waals surface area contributed by atoms with Gasteiger partial charge in [-0.15, -0.1) is 0 Å². The molecule has 1 saturated heterocycles. The summed E-state index contributed by atoms with van der Waals surface area (Å²) in [5, 5.41) is 6.98. The summed E-state index contributed by atoms with van der Waals surface area (Å²) in [4.78, 5) is 22.8. The number of hydrogen-bond donors (Lipinski definition) is 2. The third-order valence-electron chi connectivity index (χ3n) is 6.89. The van der Waals surface area contributed by atoms with Crippen molar-refractivity contribution in [2.45, 2.75) is 39.4 Å². The van der Waals surface area contributed by atoms with E-state index in [1.807, 2.05) is 60.9 Å². The summed E-state index contributed by atoms with van der Waals surface area (Å²) in [5.41, 5.74) is 6.96. The smallest absolute Gasteiger partial charge is 0.221 e. The van der Waals surface area contributed by atoms with Crippen LogP contribution < -0.4 is 20.3 Å². The zero-order valence-electron chi connectivity index (χ0n) is 21.8. The molecule has 38 heavy (non-hydrogen) atoms. The molecule has 2 N–H and O–H groups in total. The van der Waals surface area contributed by atoms with Crippen LogP contribution in [-0.2, 0) is 11.3 Å². The molecular formula is C29H30N6O2S. The number of aromatic nitrogens is 3. The van der Waals surface area contributed by atoms with Crippen molar-refractivity contribution in [3.8, 4) is 5.75 Å². The van der Waals surface area contributed by atoms with Gasteiger partial charge in [-0.2, -0.15) is 0 Å². The number of pyridine rings is 2. The lowest BCUT2D eigenvalue weighted by Crippen LogP contribution is -2.29. The maximum atomic E-state index is 11.9. The minimum absolute atomic E-state index is 0.173. The summed E-state index contributed by atoms with van der Waals surface area (Å²) in [7, 11) is 1.58. The van der Waals surface area contributed by atoms with Crippen LogP contribution in [0, 0.1) is 13.8 Å². The highest BCUT2D eigenvalue weighted by Crippen LogP contribution is 2.44. The molecular weight excluding hydrogens is 496 g/mol. The Labute approximate surface area is 227 Å². The van der Waals surface area contributed by atoms with Crippen molar-refractivity contribution in [1.29, 1.82) is 0 Å². The number of nitrogens with one attached hydrogen (secondary N) is 2. The molecule has 194 valence electrons. The van der Waals surface area contributed by atoms with E-state index in [2.05, 4.69) is 50.0 Å². The minimum Gasteiger partial charge on any atom is -0.495 e. The van der Waals surface area contributed by atoms with Crippen LogP contribution in [0.2, 0.25) is 0 Å². The number of ether oxygens (including phenoxy) is 1. The van der Waals surface area contributed by atoms with Crippen LogP contribution in [0.4, 0.5) is 11.4 Å². The van der Waals surface area contributed by atoms with Crippen LogP contribution in [0.3, 0.4) is 0 Å². The summed E-state index contributed by atoms with van der Waals surface area (Å²) in [6, 6.07) is 17.6. The van der Waals surface area contributed by atoms with Gasteiger partial charge >= 0.3 is 0 Å². The number of anilines is 2. The first kappa shape index (κ1) is 25.4. The average molecular weight is 527 g/mol. The number of amides is 1. The summed E-state index contributed by atoms with van der Waals surface area (Å²) in [5.74, 6) is 0.403. The molecule has 0 spiro atoms. The first-order chi connectivity index (χ1) is 18.4. The highest BCUT2D eigenvalue weighted by molar-refractivity contribution is 7.80. The molecule has 1 aromatic carbocycles. The molecule has 0 saturated carbocycles. The molecule has 1 fully saturated rings. The van der Waals surface area contributed by atoms with Crippen molar-refractivity contribution < 1.29 is 9.53 Å². The zero-order chi connectivity index (χ0) is 26.8. The standard InChI is InChI=1S/C29H30N6O2S/c1-18-15-23(19(2)34(18)17-21-10-13-30-14-11-21)28-27(24-7-5-6-12-31-24)33-29(38)35(28)22-8-9-26(37-4)25(16-22)32-20(3)36/h5-16,27-28H,17H2,1-4H3,(H,32,36)(H,33,38). The van der Waals surface area contributed by atoms with E-state index in [1.54, 1.807) is 13.3 Å². The molecule has 1 aliphatic heterocycles. The van der Waals surface area contributed by atoms with Crippen molar-refractivity contribution in [2.24, 2.45) is 0 Å². The molecule has 1 amide bonds. The molecule has 2 unspecified atom stereocenters. The van der Waals surface area contributed by atoms with E-state index < -0.39 is 0 Å². The normalized spacial score (nSPS) is 16.8. The Morgan fingerprint density at radius 2 is 1.89 bits per heavy atom. The quantitative estimate of drug-likeness (QED) is 0.325. The third-order valence-corrected chi connectivity index (χ3v) is 7.21. The van der Waals surface area contributed by atoms with Crippen LogP contribution in [0.5, 0.6) is 5.75 Å². The molecule has 9 heteroatoms. The predicted octanol–water partition coefficient (Wildman–Crippen LogP) is 5.09. The lowest BCUT2D eigenvalue weighted by molar-refractivity contribution is -0.114. The van der Waals surface area contributed by atoms with E-state index in [0.29, 0.717) is 16.5 Å². The molecule has 4 aromatic rings. The number of aryl methyl sites for hydroxylation is 1. The summed E-state index contributed by atoms with van der Waals surface area (Å²) in [6.45, 7) is 6.50. The Hall–Kier alpha value is -4.24. The van der Waals surface area contributed by atoms with Gasteiger partial charge in [-0.1, -0.05) is 6.07 Å². The maximum Gasteiger partial charge on any atom is 0.221 e. The lowest BCUT2D eigenvalue weighted by atomic mass is 9.96. The van der Waals surface area contributed by atoms with E-state index in [-0.39, 0.29) is 18.0 Å². The van der Waals surface area contributed by atoms with Crippen molar-refractivity contribution in [1.82, 2.24) is 19.9 Å². The second-order valence-electron chi connectivity index (χ2n) is 9.33. The Morgan fingerprint density at radius 3 is 2.58 bits per heavy atom. The number of nitrogens with zero attached hydrogens (tertiary/aromatic N) is 4.